The van der Waals surface area contributed by atoms with Gasteiger partial charge in [-0.2, -0.15) is 0 Å². The number of benzene rings is 2. The summed E-state index contributed by atoms with van der Waals surface area (Å²) in [5.74, 6) is 0.550. The Bertz CT molecular complexity index is 921. The Morgan fingerprint density at radius 2 is 0.944 bits per heavy atom. The molecule has 0 saturated carbocycles. The van der Waals surface area contributed by atoms with E-state index in [4.69, 9.17) is 18.9 Å². The Labute approximate surface area is 206 Å². The minimum atomic E-state index is -1.57. The van der Waals surface area contributed by atoms with Crippen LogP contribution in [-0.4, -0.2) is 115 Å². The molecule has 4 rings (SSSR count). The monoisotopic (exact) mass is 510 g/mol. The largest absolute Gasteiger partial charge is 0.462 e. The molecule has 0 unspecified atom stereocenters. The van der Waals surface area contributed by atoms with Crippen LogP contribution in [0.15, 0.2) is 48.5 Å². The van der Waals surface area contributed by atoms with Crippen LogP contribution >= 0.6 is 0 Å². The minimum absolute atomic E-state index is 0.275. The molecule has 36 heavy (non-hydrogen) atoms. The molecule has 198 valence electrons. The maximum Gasteiger partial charge on any atom is 0.229 e. The number of aliphatic hydroxyl groups is 8. The topological polar surface area (TPSA) is 199 Å². The van der Waals surface area contributed by atoms with E-state index in [0.29, 0.717) is 11.1 Å². The van der Waals surface area contributed by atoms with Gasteiger partial charge in [-0.05, 0) is 35.4 Å². The van der Waals surface area contributed by atoms with Crippen molar-refractivity contribution in [3.63, 3.8) is 0 Å². The summed E-state index contributed by atoms with van der Waals surface area (Å²) in [5, 5.41) is 78.9. The number of hydrogen-bond donors (Lipinski definition) is 8. The normalized spacial score (nSPS) is 36.9. The molecule has 8 N–H and O–H groups in total. The summed E-state index contributed by atoms with van der Waals surface area (Å²) in [5.41, 5.74) is 1.33. The van der Waals surface area contributed by atoms with Crippen LogP contribution in [0.1, 0.15) is 0 Å². The van der Waals surface area contributed by atoms with Crippen molar-refractivity contribution in [3.05, 3.63) is 48.5 Å². The van der Waals surface area contributed by atoms with Crippen LogP contribution in [0.5, 0.6) is 11.5 Å². The zero-order valence-corrected chi connectivity index (χ0v) is 19.0. The van der Waals surface area contributed by atoms with Gasteiger partial charge in [0, 0.05) is 0 Å². The molecule has 2 fully saturated rings. The molecule has 2 aromatic carbocycles. The molecular weight excluding hydrogens is 480 g/mol. The lowest BCUT2D eigenvalue weighted by molar-refractivity contribution is -0.277. The van der Waals surface area contributed by atoms with Gasteiger partial charge in [-0.25, -0.2) is 0 Å². The van der Waals surface area contributed by atoms with Gasteiger partial charge >= 0.3 is 0 Å². The highest BCUT2D eigenvalue weighted by molar-refractivity contribution is 5.66. The Morgan fingerprint density at radius 1 is 0.556 bits per heavy atom. The lowest BCUT2D eigenvalue weighted by atomic mass is 9.99. The first-order chi connectivity index (χ1) is 17.2. The predicted molar refractivity (Wildman–Crippen MR) is 121 cm³/mol. The smallest absolute Gasteiger partial charge is 0.229 e. The van der Waals surface area contributed by atoms with Gasteiger partial charge in [0.25, 0.3) is 0 Å². The van der Waals surface area contributed by atoms with Crippen LogP contribution in [0.4, 0.5) is 0 Å². The minimum Gasteiger partial charge on any atom is -0.462 e. The van der Waals surface area contributed by atoms with Crippen molar-refractivity contribution in [2.75, 3.05) is 13.2 Å². The standard InChI is InChI=1S/C24H30O12/c25-9-15-17(27)19(29)21(31)23(35-15)33-13-5-1-3-11(7-13)12-4-2-6-14(8-12)34-24-22(32)20(30)18(28)16(10-26)36-24/h1-8,15-32H,9-10H2/t15-,16-,17-,18-,19+,20+,21-,22-,23+,24+/m1/s1. The fourth-order valence-corrected chi connectivity index (χ4v) is 4.10. The van der Waals surface area contributed by atoms with Crippen LogP contribution in [0.25, 0.3) is 11.1 Å². The van der Waals surface area contributed by atoms with Crippen molar-refractivity contribution < 1.29 is 59.8 Å². The average Bonchev–Trinajstić information content (AvgIpc) is 2.89. The van der Waals surface area contributed by atoms with Gasteiger partial charge in [-0.15, -0.1) is 0 Å². The zero-order valence-electron chi connectivity index (χ0n) is 19.0. The van der Waals surface area contributed by atoms with Crippen molar-refractivity contribution in [3.8, 4) is 22.6 Å². The average molecular weight is 510 g/mol. The van der Waals surface area contributed by atoms with Gasteiger partial charge in [-0.3, -0.25) is 0 Å². The molecule has 2 heterocycles. The van der Waals surface area contributed by atoms with E-state index >= 15 is 0 Å². The Morgan fingerprint density at radius 3 is 1.31 bits per heavy atom. The number of aliphatic hydroxyl groups excluding tert-OH is 8. The fraction of sp³-hybridized carbons (Fsp3) is 0.500. The molecular formula is C24H30O12. The van der Waals surface area contributed by atoms with E-state index in [1.54, 1.807) is 48.5 Å². The molecule has 12 nitrogen and oxygen atoms in total. The lowest BCUT2D eigenvalue weighted by Gasteiger charge is -2.39. The quantitative estimate of drug-likeness (QED) is 0.199. The van der Waals surface area contributed by atoms with E-state index in [1.807, 2.05) is 0 Å². The first-order valence-electron chi connectivity index (χ1n) is 11.4. The summed E-state index contributed by atoms with van der Waals surface area (Å²) in [6, 6.07) is 13.4. The molecule has 2 saturated heterocycles. The van der Waals surface area contributed by atoms with Crippen LogP contribution < -0.4 is 9.47 Å². The van der Waals surface area contributed by atoms with Crippen molar-refractivity contribution in [1.82, 2.24) is 0 Å². The lowest BCUT2D eigenvalue weighted by Crippen LogP contribution is -2.60. The van der Waals surface area contributed by atoms with Crippen molar-refractivity contribution in [2.45, 2.75) is 61.4 Å². The second kappa shape index (κ2) is 11.4. The van der Waals surface area contributed by atoms with Gasteiger partial charge in [0.2, 0.25) is 12.6 Å². The van der Waals surface area contributed by atoms with E-state index in [0.717, 1.165) is 0 Å². The second-order valence-electron chi connectivity index (χ2n) is 8.69. The molecule has 2 aromatic rings. The Hall–Kier alpha value is -2.36. The highest BCUT2D eigenvalue weighted by Crippen LogP contribution is 2.31. The van der Waals surface area contributed by atoms with E-state index in [-0.39, 0.29) is 11.5 Å². The number of ether oxygens (including phenoxy) is 4. The Kier molecular flexibility index (Phi) is 8.42. The van der Waals surface area contributed by atoms with Crippen LogP contribution in [0.2, 0.25) is 0 Å². The molecule has 2 aliphatic heterocycles. The number of hydrogen-bond acceptors (Lipinski definition) is 12. The summed E-state index contributed by atoms with van der Waals surface area (Å²) >= 11 is 0. The van der Waals surface area contributed by atoms with Gasteiger partial charge in [0.05, 0.1) is 13.2 Å². The third-order valence-corrected chi connectivity index (χ3v) is 6.20. The summed E-state index contributed by atoms with van der Waals surface area (Å²) in [6.45, 7) is -1.15. The first kappa shape index (κ1) is 26.7. The fourth-order valence-electron chi connectivity index (χ4n) is 4.10. The van der Waals surface area contributed by atoms with Crippen molar-refractivity contribution >= 4 is 0 Å². The van der Waals surface area contributed by atoms with Crippen LogP contribution in [0, 0.1) is 0 Å². The third-order valence-electron chi connectivity index (χ3n) is 6.20. The number of rotatable bonds is 7. The zero-order chi connectivity index (χ0) is 26.0. The SMILES string of the molecule is OC[C@H]1O[C@H](Oc2cccc(-c3cccc(O[C@H]4O[C@H](CO)[C@@H](O)[C@H](O)[C@H]4O)c3)c2)[C@H](O)[C@@H](O)[C@@H]1O. The van der Waals surface area contributed by atoms with E-state index in [9.17, 15) is 40.9 Å². The molecule has 0 spiro atoms. The molecule has 0 aromatic heterocycles. The predicted octanol–water partition coefficient (Wildman–Crippen LogP) is -2.29. The van der Waals surface area contributed by atoms with Gasteiger partial charge in [0.15, 0.2) is 0 Å². The summed E-state index contributed by atoms with van der Waals surface area (Å²) < 4.78 is 22.1. The first-order valence-corrected chi connectivity index (χ1v) is 11.4. The van der Waals surface area contributed by atoms with Crippen molar-refractivity contribution in [2.24, 2.45) is 0 Å². The molecule has 0 bridgehead atoms. The van der Waals surface area contributed by atoms with Gasteiger partial charge in [0.1, 0.15) is 60.3 Å². The molecule has 0 radical (unpaired) electrons. The van der Waals surface area contributed by atoms with Crippen molar-refractivity contribution in [1.29, 1.82) is 0 Å². The molecule has 2 aliphatic rings. The van der Waals surface area contributed by atoms with E-state index in [1.165, 1.54) is 0 Å². The maximum absolute atomic E-state index is 10.2. The van der Waals surface area contributed by atoms with Crippen LogP contribution in [0.3, 0.4) is 0 Å². The second-order valence-corrected chi connectivity index (χ2v) is 8.69. The van der Waals surface area contributed by atoms with Gasteiger partial charge < -0.3 is 59.8 Å². The molecule has 0 amide bonds. The summed E-state index contributed by atoms with van der Waals surface area (Å²) in [7, 11) is 0. The molecule has 0 aliphatic carbocycles. The Balaban J connectivity index is 1.49. The third kappa shape index (κ3) is 5.48. The summed E-state index contributed by atoms with van der Waals surface area (Å²) in [6.07, 6.45) is -14.1. The molecule has 12 heteroatoms. The molecule has 10 atom stereocenters. The van der Waals surface area contributed by atoms with E-state index < -0.39 is 74.6 Å². The summed E-state index contributed by atoms with van der Waals surface area (Å²) in [4.78, 5) is 0. The maximum atomic E-state index is 10.2. The van der Waals surface area contributed by atoms with Gasteiger partial charge in [-0.1, -0.05) is 24.3 Å². The van der Waals surface area contributed by atoms with Crippen LogP contribution in [-0.2, 0) is 9.47 Å². The van der Waals surface area contributed by atoms with E-state index in [2.05, 4.69) is 0 Å². The highest BCUT2D eigenvalue weighted by Gasteiger charge is 2.45. The highest BCUT2D eigenvalue weighted by atomic mass is 16.7.